The third-order valence-electron chi connectivity index (χ3n) is 2.96. The fraction of sp³-hybridized carbons (Fsp3) is 1.00. The quantitative estimate of drug-likeness (QED) is 0.672. The highest BCUT2D eigenvalue weighted by atomic mass is 32.2. The molecule has 16 heavy (non-hydrogen) atoms. The summed E-state index contributed by atoms with van der Waals surface area (Å²) in [6, 6.07) is 0.483. The first kappa shape index (κ1) is 13.9. The van der Waals surface area contributed by atoms with Gasteiger partial charge in [0, 0.05) is 19.1 Å². The Bertz CT molecular complexity index is 295. The smallest absolute Gasteiger partial charge is 0.212 e. The largest absolute Gasteiger partial charge is 0.312 e. The second-order valence-corrected chi connectivity index (χ2v) is 6.80. The molecule has 0 aromatic rings. The third kappa shape index (κ3) is 4.80. The van der Waals surface area contributed by atoms with Crippen LogP contribution >= 0.6 is 0 Å². The number of hydrogen-bond acceptors (Lipinski definition) is 3. The minimum absolute atomic E-state index is 0.177. The summed E-state index contributed by atoms with van der Waals surface area (Å²) in [6.45, 7) is 7.20. The van der Waals surface area contributed by atoms with Crippen LogP contribution in [0.25, 0.3) is 0 Å². The van der Waals surface area contributed by atoms with Crippen LogP contribution in [0.15, 0.2) is 0 Å². The number of sulfonamides is 1. The average molecular weight is 248 g/mol. The number of hydrogen-bond donors (Lipinski definition) is 2. The summed E-state index contributed by atoms with van der Waals surface area (Å²) in [5.74, 6) is 1.52. The molecule has 1 aliphatic carbocycles. The fourth-order valence-corrected chi connectivity index (χ4v) is 3.02. The van der Waals surface area contributed by atoms with Crippen molar-refractivity contribution in [3.05, 3.63) is 0 Å². The number of nitrogens with one attached hydrogen (secondary N) is 2. The maximum Gasteiger partial charge on any atom is 0.212 e. The van der Waals surface area contributed by atoms with Crippen LogP contribution in [-0.4, -0.2) is 33.3 Å². The van der Waals surface area contributed by atoms with Gasteiger partial charge in [0.05, 0.1) is 5.75 Å². The van der Waals surface area contributed by atoms with Crippen LogP contribution in [0.1, 0.15) is 33.6 Å². The standard InChI is InChI=1S/C11H24N2O2S/c1-4-13-16(14,15)8-7-12-11(9(2)3)10-5-6-10/h9-13H,4-8H2,1-3H3. The maximum absolute atomic E-state index is 11.4. The molecular formula is C11H24N2O2S. The Morgan fingerprint density at radius 1 is 1.31 bits per heavy atom. The van der Waals surface area contributed by atoms with E-state index in [1.807, 2.05) is 0 Å². The topological polar surface area (TPSA) is 58.2 Å². The molecule has 1 atom stereocenters. The Morgan fingerprint density at radius 3 is 2.38 bits per heavy atom. The number of rotatable bonds is 8. The molecule has 2 N–H and O–H groups in total. The maximum atomic E-state index is 11.4. The fourth-order valence-electron chi connectivity index (χ4n) is 2.05. The summed E-state index contributed by atoms with van der Waals surface area (Å²) < 4.78 is 25.3. The molecule has 1 fully saturated rings. The summed E-state index contributed by atoms with van der Waals surface area (Å²) in [4.78, 5) is 0. The summed E-state index contributed by atoms with van der Waals surface area (Å²) in [5.41, 5.74) is 0. The van der Waals surface area contributed by atoms with Crippen molar-refractivity contribution in [1.29, 1.82) is 0 Å². The van der Waals surface area contributed by atoms with E-state index < -0.39 is 10.0 Å². The zero-order valence-electron chi connectivity index (χ0n) is 10.5. The van der Waals surface area contributed by atoms with Crippen molar-refractivity contribution in [3.8, 4) is 0 Å². The Morgan fingerprint density at radius 2 is 1.94 bits per heavy atom. The predicted molar refractivity (Wildman–Crippen MR) is 66.8 cm³/mol. The molecule has 0 radical (unpaired) electrons. The molecule has 0 spiro atoms. The molecule has 0 aliphatic heterocycles. The van der Waals surface area contributed by atoms with E-state index in [2.05, 4.69) is 23.9 Å². The molecule has 1 saturated carbocycles. The molecule has 0 aromatic carbocycles. The van der Waals surface area contributed by atoms with E-state index in [4.69, 9.17) is 0 Å². The third-order valence-corrected chi connectivity index (χ3v) is 4.43. The molecular weight excluding hydrogens is 224 g/mol. The van der Waals surface area contributed by atoms with Gasteiger partial charge in [0.25, 0.3) is 0 Å². The Kier molecular flexibility index (Phi) is 5.21. The van der Waals surface area contributed by atoms with Crippen LogP contribution in [0.4, 0.5) is 0 Å². The van der Waals surface area contributed by atoms with Crippen molar-refractivity contribution in [3.63, 3.8) is 0 Å². The van der Waals surface area contributed by atoms with Crippen molar-refractivity contribution in [2.75, 3.05) is 18.8 Å². The van der Waals surface area contributed by atoms with Crippen molar-refractivity contribution >= 4 is 10.0 Å². The van der Waals surface area contributed by atoms with Crippen molar-refractivity contribution in [2.45, 2.75) is 39.7 Å². The van der Waals surface area contributed by atoms with Gasteiger partial charge in [-0.25, -0.2) is 13.1 Å². The van der Waals surface area contributed by atoms with Gasteiger partial charge in [-0.15, -0.1) is 0 Å². The van der Waals surface area contributed by atoms with E-state index in [-0.39, 0.29) is 5.75 Å². The van der Waals surface area contributed by atoms with E-state index in [0.717, 1.165) is 5.92 Å². The summed E-state index contributed by atoms with van der Waals surface area (Å²) >= 11 is 0. The predicted octanol–water partition coefficient (Wildman–Crippen LogP) is 0.950. The first-order valence-corrected chi connectivity index (χ1v) is 7.82. The molecule has 0 amide bonds. The Labute approximate surface area is 99.2 Å². The van der Waals surface area contributed by atoms with Crippen LogP contribution in [0.5, 0.6) is 0 Å². The molecule has 0 saturated heterocycles. The van der Waals surface area contributed by atoms with Gasteiger partial charge in [0.1, 0.15) is 0 Å². The molecule has 1 unspecified atom stereocenters. The van der Waals surface area contributed by atoms with Gasteiger partial charge in [0.15, 0.2) is 0 Å². The minimum Gasteiger partial charge on any atom is -0.312 e. The first-order valence-electron chi connectivity index (χ1n) is 6.17. The zero-order valence-corrected chi connectivity index (χ0v) is 11.3. The van der Waals surface area contributed by atoms with Gasteiger partial charge < -0.3 is 5.32 Å². The van der Waals surface area contributed by atoms with E-state index in [1.54, 1.807) is 6.92 Å². The lowest BCUT2D eigenvalue weighted by Crippen LogP contribution is -2.40. The highest BCUT2D eigenvalue weighted by Crippen LogP contribution is 2.35. The van der Waals surface area contributed by atoms with Gasteiger partial charge in [-0.3, -0.25) is 0 Å². The van der Waals surface area contributed by atoms with Gasteiger partial charge in [-0.05, 0) is 24.7 Å². The molecule has 1 rings (SSSR count). The molecule has 4 nitrogen and oxygen atoms in total. The molecule has 0 aromatic heterocycles. The average Bonchev–Trinajstić information content (AvgIpc) is 2.95. The van der Waals surface area contributed by atoms with Gasteiger partial charge in [0.2, 0.25) is 10.0 Å². The van der Waals surface area contributed by atoms with Crippen molar-refractivity contribution in [1.82, 2.24) is 10.0 Å². The monoisotopic (exact) mass is 248 g/mol. The molecule has 0 bridgehead atoms. The van der Waals surface area contributed by atoms with E-state index >= 15 is 0 Å². The lowest BCUT2D eigenvalue weighted by molar-refractivity contribution is 0.368. The van der Waals surface area contributed by atoms with Crippen LogP contribution in [0.3, 0.4) is 0 Å². The first-order chi connectivity index (χ1) is 7.46. The molecule has 0 heterocycles. The van der Waals surface area contributed by atoms with Gasteiger partial charge in [-0.2, -0.15) is 0 Å². The highest BCUT2D eigenvalue weighted by molar-refractivity contribution is 7.89. The lowest BCUT2D eigenvalue weighted by atomic mass is 10.00. The SMILES string of the molecule is CCNS(=O)(=O)CCNC(C(C)C)C1CC1. The minimum atomic E-state index is -3.07. The van der Waals surface area contributed by atoms with Gasteiger partial charge >= 0.3 is 0 Å². The van der Waals surface area contributed by atoms with Gasteiger partial charge in [-0.1, -0.05) is 20.8 Å². The molecule has 5 heteroatoms. The molecule has 96 valence electrons. The zero-order chi connectivity index (χ0) is 12.2. The summed E-state index contributed by atoms with van der Waals surface area (Å²) in [7, 11) is -3.07. The summed E-state index contributed by atoms with van der Waals surface area (Å²) in [5, 5.41) is 3.38. The highest BCUT2D eigenvalue weighted by Gasteiger charge is 2.32. The second-order valence-electron chi connectivity index (χ2n) is 4.88. The van der Waals surface area contributed by atoms with E-state index in [9.17, 15) is 8.42 Å². The van der Waals surface area contributed by atoms with Crippen LogP contribution in [0.2, 0.25) is 0 Å². The Balaban J connectivity index is 2.28. The normalized spacial score (nSPS) is 19.0. The van der Waals surface area contributed by atoms with Crippen molar-refractivity contribution < 1.29 is 8.42 Å². The van der Waals surface area contributed by atoms with E-state index in [1.165, 1.54) is 12.8 Å². The summed E-state index contributed by atoms with van der Waals surface area (Å²) in [6.07, 6.45) is 2.58. The van der Waals surface area contributed by atoms with Crippen LogP contribution in [-0.2, 0) is 10.0 Å². The lowest BCUT2D eigenvalue weighted by Gasteiger charge is -2.22. The van der Waals surface area contributed by atoms with Crippen molar-refractivity contribution in [2.24, 2.45) is 11.8 Å². The van der Waals surface area contributed by atoms with E-state index in [0.29, 0.717) is 25.0 Å². The van der Waals surface area contributed by atoms with Crippen LogP contribution in [0, 0.1) is 11.8 Å². The van der Waals surface area contributed by atoms with Crippen LogP contribution < -0.4 is 10.0 Å². The second kappa shape index (κ2) is 5.98. The Hall–Kier alpha value is -0.130. The molecule has 1 aliphatic rings.